The van der Waals surface area contributed by atoms with Crippen LogP contribution in [0, 0.1) is 0 Å². The third-order valence-electron chi connectivity index (χ3n) is 3.48. The molecule has 0 spiro atoms. The molecule has 21 heavy (non-hydrogen) atoms. The zero-order valence-electron chi connectivity index (χ0n) is 10.9. The van der Waals surface area contributed by atoms with Crippen molar-refractivity contribution in [1.82, 2.24) is 25.6 Å². The van der Waals surface area contributed by atoms with E-state index in [1.165, 1.54) is 0 Å². The second-order valence-corrected chi connectivity index (χ2v) is 4.76. The number of nitrogens with zero attached hydrogens (tertiary/aromatic N) is 3. The number of benzene rings is 2. The van der Waals surface area contributed by atoms with E-state index in [9.17, 15) is 5.11 Å². The van der Waals surface area contributed by atoms with E-state index in [2.05, 4.69) is 25.6 Å². The Hall–Kier alpha value is -3.15. The van der Waals surface area contributed by atoms with Crippen LogP contribution in [0.25, 0.3) is 33.4 Å². The van der Waals surface area contributed by atoms with Crippen molar-refractivity contribution in [3.63, 3.8) is 0 Å². The van der Waals surface area contributed by atoms with Crippen molar-refractivity contribution < 1.29 is 5.11 Å². The second-order valence-electron chi connectivity index (χ2n) is 4.76. The summed E-state index contributed by atoms with van der Waals surface area (Å²) in [5, 5.41) is 25.0. The van der Waals surface area contributed by atoms with Crippen LogP contribution in [0.2, 0.25) is 0 Å². The van der Waals surface area contributed by atoms with Crippen LogP contribution < -0.4 is 0 Å². The SMILES string of the molecule is Oc1cc(-c2nnn[nH]2)ccc1-c1ccc2cc[nH]c2c1. The van der Waals surface area contributed by atoms with Gasteiger partial charge in [-0.05, 0) is 45.6 Å². The number of tetrazole rings is 1. The highest BCUT2D eigenvalue weighted by Gasteiger charge is 2.09. The van der Waals surface area contributed by atoms with Gasteiger partial charge < -0.3 is 10.1 Å². The van der Waals surface area contributed by atoms with E-state index < -0.39 is 0 Å². The van der Waals surface area contributed by atoms with Gasteiger partial charge in [0.25, 0.3) is 0 Å². The average Bonchev–Trinajstić information content (AvgIpc) is 3.18. The molecule has 4 rings (SSSR count). The smallest absolute Gasteiger partial charge is 0.179 e. The summed E-state index contributed by atoms with van der Waals surface area (Å²) in [6, 6.07) is 13.4. The largest absolute Gasteiger partial charge is 0.507 e. The van der Waals surface area contributed by atoms with Gasteiger partial charge in [0.15, 0.2) is 5.82 Å². The lowest BCUT2D eigenvalue weighted by Crippen LogP contribution is -1.84. The van der Waals surface area contributed by atoms with Gasteiger partial charge in [-0.2, -0.15) is 0 Å². The highest BCUT2D eigenvalue weighted by atomic mass is 16.3. The number of phenolic OH excluding ortho intramolecular Hbond substituents is 1. The molecule has 0 aliphatic heterocycles. The molecular weight excluding hydrogens is 266 g/mol. The summed E-state index contributed by atoms with van der Waals surface area (Å²) < 4.78 is 0. The molecule has 0 radical (unpaired) electrons. The zero-order chi connectivity index (χ0) is 14.2. The van der Waals surface area contributed by atoms with Gasteiger partial charge in [0.05, 0.1) is 0 Å². The fourth-order valence-electron chi connectivity index (χ4n) is 2.42. The highest BCUT2D eigenvalue weighted by Crippen LogP contribution is 2.33. The molecule has 0 saturated heterocycles. The van der Waals surface area contributed by atoms with Crippen molar-refractivity contribution in [2.24, 2.45) is 0 Å². The van der Waals surface area contributed by atoms with Gasteiger partial charge in [-0.1, -0.05) is 18.2 Å². The third kappa shape index (κ3) is 1.93. The number of nitrogens with one attached hydrogen (secondary N) is 2. The maximum atomic E-state index is 10.3. The van der Waals surface area contributed by atoms with Gasteiger partial charge in [0, 0.05) is 22.8 Å². The van der Waals surface area contributed by atoms with E-state index in [-0.39, 0.29) is 5.75 Å². The van der Waals surface area contributed by atoms with Crippen molar-refractivity contribution >= 4 is 10.9 Å². The summed E-state index contributed by atoms with van der Waals surface area (Å²) in [5.41, 5.74) is 3.49. The summed E-state index contributed by atoms with van der Waals surface area (Å²) in [5.74, 6) is 0.714. The normalized spacial score (nSPS) is 11.0. The summed E-state index contributed by atoms with van der Waals surface area (Å²) in [6.45, 7) is 0. The summed E-state index contributed by atoms with van der Waals surface area (Å²) in [4.78, 5) is 3.17. The number of phenols is 1. The van der Waals surface area contributed by atoms with Crippen molar-refractivity contribution in [3.8, 4) is 28.3 Å². The van der Waals surface area contributed by atoms with E-state index in [0.29, 0.717) is 5.82 Å². The van der Waals surface area contributed by atoms with Gasteiger partial charge in [0.1, 0.15) is 5.75 Å². The van der Waals surface area contributed by atoms with Crippen molar-refractivity contribution in [1.29, 1.82) is 0 Å². The number of hydrogen-bond acceptors (Lipinski definition) is 4. The van der Waals surface area contributed by atoms with Crippen LogP contribution in [0.4, 0.5) is 0 Å². The predicted molar refractivity (Wildman–Crippen MR) is 78.6 cm³/mol. The first-order valence-electron chi connectivity index (χ1n) is 6.46. The Morgan fingerprint density at radius 3 is 2.67 bits per heavy atom. The lowest BCUT2D eigenvalue weighted by Gasteiger charge is -2.06. The number of rotatable bonds is 2. The minimum Gasteiger partial charge on any atom is -0.507 e. The Morgan fingerprint density at radius 1 is 0.952 bits per heavy atom. The van der Waals surface area contributed by atoms with Gasteiger partial charge in [0.2, 0.25) is 0 Å². The molecule has 0 amide bonds. The molecule has 0 unspecified atom stereocenters. The maximum Gasteiger partial charge on any atom is 0.179 e. The molecule has 102 valence electrons. The highest BCUT2D eigenvalue weighted by molar-refractivity contribution is 5.86. The fourth-order valence-corrected chi connectivity index (χ4v) is 2.42. The lowest BCUT2D eigenvalue weighted by atomic mass is 10.0. The van der Waals surface area contributed by atoms with E-state index in [4.69, 9.17) is 0 Å². The average molecular weight is 277 g/mol. The standard InChI is InChI=1S/C15H11N5O/c21-14-8-11(15-17-19-20-18-15)3-4-12(14)10-2-1-9-5-6-16-13(9)7-10/h1-8,16,21H,(H,17,18,19,20). The number of aromatic hydroxyl groups is 1. The van der Waals surface area contributed by atoms with E-state index in [1.807, 2.05) is 42.6 Å². The molecule has 0 aliphatic carbocycles. The van der Waals surface area contributed by atoms with Crippen LogP contribution in [-0.4, -0.2) is 30.7 Å². The summed E-state index contributed by atoms with van der Waals surface area (Å²) >= 11 is 0. The minimum atomic E-state index is 0.190. The molecule has 0 atom stereocenters. The molecule has 6 nitrogen and oxygen atoms in total. The quantitative estimate of drug-likeness (QED) is 0.525. The predicted octanol–water partition coefficient (Wildman–Crippen LogP) is 2.72. The Labute approximate surface area is 119 Å². The van der Waals surface area contributed by atoms with Crippen LogP contribution in [0.5, 0.6) is 5.75 Å². The van der Waals surface area contributed by atoms with Crippen LogP contribution in [-0.2, 0) is 0 Å². The van der Waals surface area contributed by atoms with Crippen molar-refractivity contribution in [2.45, 2.75) is 0 Å². The molecule has 2 heterocycles. The van der Waals surface area contributed by atoms with E-state index in [0.717, 1.165) is 27.6 Å². The van der Waals surface area contributed by atoms with Gasteiger partial charge in [-0.25, -0.2) is 5.10 Å². The van der Waals surface area contributed by atoms with Gasteiger partial charge in [-0.15, -0.1) is 5.10 Å². The van der Waals surface area contributed by atoms with Crippen molar-refractivity contribution in [2.75, 3.05) is 0 Å². The van der Waals surface area contributed by atoms with Crippen LogP contribution in [0.1, 0.15) is 0 Å². The Bertz CT molecular complexity index is 911. The number of aromatic nitrogens is 5. The van der Waals surface area contributed by atoms with Crippen LogP contribution in [0.3, 0.4) is 0 Å². The number of fused-ring (bicyclic) bond motifs is 1. The second kappa shape index (κ2) is 4.45. The van der Waals surface area contributed by atoms with Crippen LogP contribution in [0.15, 0.2) is 48.7 Å². The molecule has 0 saturated carbocycles. The number of aromatic amines is 2. The van der Waals surface area contributed by atoms with Gasteiger partial charge >= 0.3 is 0 Å². The molecule has 2 aromatic heterocycles. The lowest BCUT2D eigenvalue weighted by molar-refractivity contribution is 0.477. The maximum absolute atomic E-state index is 10.3. The molecule has 2 aromatic carbocycles. The first-order chi connectivity index (χ1) is 10.3. The molecule has 4 aromatic rings. The Morgan fingerprint density at radius 2 is 1.86 bits per heavy atom. The van der Waals surface area contributed by atoms with E-state index >= 15 is 0 Å². The Kier molecular flexibility index (Phi) is 2.47. The fraction of sp³-hybridized carbons (Fsp3) is 0. The first-order valence-corrected chi connectivity index (χ1v) is 6.46. The summed E-state index contributed by atoms with van der Waals surface area (Å²) in [7, 11) is 0. The number of H-pyrrole nitrogens is 2. The third-order valence-corrected chi connectivity index (χ3v) is 3.48. The molecule has 0 aliphatic rings. The topological polar surface area (TPSA) is 90.5 Å². The van der Waals surface area contributed by atoms with Crippen molar-refractivity contribution in [3.05, 3.63) is 48.7 Å². The molecule has 6 heteroatoms. The molecule has 0 bridgehead atoms. The van der Waals surface area contributed by atoms with E-state index in [1.54, 1.807) is 6.07 Å². The molecule has 3 N–H and O–H groups in total. The Balaban J connectivity index is 1.81. The van der Waals surface area contributed by atoms with Crippen LogP contribution >= 0.6 is 0 Å². The molecular formula is C15H11N5O. The monoisotopic (exact) mass is 277 g/mol. The molecule has 0 fully saturated rings. The van der Waals surface area contributed by atoms with Gasteiger partial charge in [-0.3, -0.25) is 0 Å². The minimum absolute atomic E-state index is 0.190. The summed E-state index contributed by atoms with van der Waals surface area (Å²) in [6.07, 6.45) is 1.90. The first kappa shape index (κ1) is 11.7. The number of hydrogen-bond donors (Lipinski definition) is 3. The zero-order valence-corrected chi connectivity index (χ0v) is 10.9.